The highest BCUT2D eigenvalue weighted by Gasteiger charge is 2.39. The molecule has 72 heavy (non-hydrogen) atoms. The van der Waals surface area contributed by atoms with Crippen LogP contribution in [0.1, 0.15) is 0 Å². The molecule has 0 unspecified atom stereocenters. The van der Waals surface area contributed by atoms with E-state index < -0.39 is 24.3 Å². The Morgan fingerprint density at radius 1 is 0.653 bits per heavy atom. The molecule has 0 saturated carbocycles. The third kappa shape index (κ3) is 16.0. The fraction of sp³-hybridized carbons (Fsp3) is 0.222. The van der Waals surface area contributed by atoms with Crippen molar-refractivity contribution in [3.8, 4) is 23.0 Å². The molecule has 17 nitrogen and oxygen atoms in total. The van der Waals surface area contributed by atoms with E-state index in [0.29, 0.717) is 73.3 Å². The summed E-state index contributed by atoms with van der Waals surface area (Å²) < 4.78 is 86.5. The highest BCUT2D eigenvalue weighted by molar-refractivity contribution is 6.42. The molecule has 4 heterocycles. The van der Waals surface area contributed by atoms with Crippen molar-refractivity contribution < 1.29 is 69.9 Å². The highest BCUT2D eigenvalue weighted by Crippen LogP contribution is 2.38. The molecule has 2 aliphatic heterocycles. The van der Waals surface area contributed by atoms with Gasteiger partial charge in [0.05, 0.1) is 58.4 Å². The molecule has 4 aromatic carbocycles. The number of aliphatic carboxylic acids is 2. The van der Waals surface area contributed by atoms with Gasteiger partial charge in [-0.15, -0.1) is 13.2 Å². The summed E-state index contributed by atoms with van der Waals surface area (Å²) in [5, 5.41) is 27.4. The first kappa shape index (κ1) is 57.5. The van der Waals surface area contributed by atoms with Gasteiger partial charge in [0.15, 0.2) is 23.0 Å². The summed E-state index contributed by atoms with van der Waals surface area (Å²) in [6.45, 7) is 12.1. The molecule has 0 radical (unpaired) electrons. The van der Waals surface area contributed by atoms with Crippen molar-refractivity contribution >= 4 is 109 Å². The van der Waals surface area contributed by atoms with Crippen LogP contribution in [0.3, 0.4) is 0 Å². The Balaban J connectivity index is 0.000000242. The molecule has 384 valence electrons. The van der Waals surface area contributed by atoms with Gasteiger partial charge >= 0.3 is 24.3 Å². The SMILES string of the molecule is C=C.C=CC(=O)N1CC(Oc2cc3c(Nc4ccc(Cl)c(Cl)c4)ncnc3cc2OC)C1.COc1cc2ncnc(Nc3ccc(Cl)c(Cl)c3)c2cc1OC1CNC1.O=C(O)C(F)(F)F.O=C(O)C(F)(F)F. The van der Waals surface area contributed by atoms with E-state index in [1.165, 1.54) is 18.7 Å². The number of carboxylic acid groups (broad SMARTS) is 2. The largest absolute Gasteiger partial charge is 0.493 e. The second kappa shape index (κ2) is 25.9. The molecular weight excluding hydrogens is 1050 g/mol. The summed E-state index contributed by atoms with van der Waals surface area (Å²) in [6, 6.07) is 17.9. The summed E-state index contributed by atoms with van der Waals surface area (Å²) in [6.07, 6.45) is -5.90. The van der Waals surface area contributed by atoms with Gasteiger partial charge in [-0.25, -0.2) is 29.5 Å². The molecule has 0 atom stereocenters. The Kier molecular flexibility index (Phi) is 20.7. The van der Waals surface area contributed by atoms with Gasteiger partial charge in [-0.2, -0.15) is 26.3 Å². The van der Waals surface area contributed by atoms with Gasteiger partial charge in [0.25, 0.3) is 0 Å². The number of hydrogen-bond donors (Lipinski definition) is 5. The van der Waals surface area contributed by atoms with Gasteiger partial charge < -0.3 is 50.0 Å². The molecule has 27 heteroatoms. The Bertz CT molecular complexity index is 2870. The van der Waals surface area contributed by atoms with Gasteiger partial charge in [0, 0.05) is 47.4 Å². The molecule has 0 aliphatic carbocycles. The summed E-state index contributed by atoms with van der Waals surface area (Å²) in [4.78, 5) is 48.5. The monoisotopic (exact) mass is 1090 g/mol. The van der Waals surface area contributed by atoms with E-state index in [0.717, 1.165) is 40.8 Å². The zero-order valence-electron chi connectivity index (χ0n) is 37.4. The smallest absolute Gasteiger partial charge is 0.490 e. The Hall–Kier alpha value is -7.05. The number of ether oxygens (including phenoxy) is 4. The van der Waals surface area contributed by atoms with Gasteiger partial charge in [0.2, 0.25) is 5.91 Å². The first-order chi connectivity index (χ1) is 34.0. The minimum Gasteiger partial charge on any atom is -0.493 e. The summed E-state index contributed by atoms with van der Waals surface area (Å²) in [5.41, 5.74) is 2.95. The van der Waals surface area contributed by atoms with Crippen LogP contribution in [0.25, 0.3) is 21.8 Å². The van der Waals surface area contributed by atoms with Crippen LogP contribution in [0.15, 0.2) is 99.1 Å². The first-order valence-corrected chi connectivity index (χ1v) is 21.7. The van der Waals surface area contributed by atoms with Crippen LogP contribution in [0.2, 0.25) is 20.1 Å². The number of nitrogens with zero attached hydrogens (tertiary/aromatic N) is 5. The van der Waals surface area contributed by atoms with Crippen LogP contribution in [0.4, 0.5) is 49.4 Å². The highest BCUT2D eigenvalue weighted by atomic mass is 35.5. The molecule has 2 saturated heterocycles. The van der Waals surface area contributed by atoms with E-state index in [4.69, 9.17) is 85.2 Å². The maximum atomic E-state index is 11.6. The summed E-state index contributed by atoms with van der Waals surface area (Å²) in [5.74, 6) is -1.98. The van der Waals surface area contributed by atoms with E-state index in [2.05, 4.69) is 55.6 Å². The van der Waals surface area contributed by atoms with Crippen molar-refractivity contribution in [2.24, 2.45) is 0 Å². The maximum Gasteiger partial charge on any atom is 0.490 e. The van der Waals surface area contributed by atoms with Crippen molar-refractivity contribution in [3.63, 3.8) is 0 Å². The van der Waals surface area contributed by atoms with Gasteiger partial charge in [0.1, 0.15) is 36.5 Å². The number of likely N-dealkylation sites (tertiary alicyclic amines) is 1. The number of anilines is 4. The predicted molar refractivity (Wildman–Crippen MR) is 259 cm³/mol. The lowest BCUT2D eigenvalue weighted by atomic mass is 10.1. The standard InChI is InChI=1S/C21H18Cl2N4O3.C18H16Cl2N4O2.2C2HF3O2.C2H4/c1-3-20(28)27-9-13(10-27)30-19-7-14-17(8-18(19)29-2)24-11-25-21(14)26-12-4-5-15(22)16(23)6-12;1-25-16-6-15-12(5-17(16)26-11-7-21-8-11)18(23-9-22-15)24-10-2-3-13(19)14(20)4-10;2*3-2(4,5)1(6)7;1-2/h3-8,11,13H,1,9-10H2,2H3,(H,24,25,26);2-6,9,11,21H,7-8H2,1H3,(H,22,23,24);2*(H,6,7);1-2H2. The number of fused-ring (bicyclic) bond motifs is 2. The lowest BCUT2D eigenvalue weighted by Crippen LogP contribution is -2.55. The summed E-state index contributed by atoms with van der Waals surface area (Å²) in [7, 11) is 3.18. The summed E-state index contributed by atoms with van der Waals surface area (Å²) >= 11 is 24.2. The van der Waals surface area contributed by atoms with Crippen LogP contribution >= 0.6 is 46.4 Å². The average molecular weight is 1090 g/mol. The van der Waals surface area contributed by atoms with Gasteiger partial charge in [-0.3, -0.25) is 4.79 Å². The van der Waals surface area contributed by atoms with Gasteiger partial charge in [-0.05, 0) is 54.6 Å². The topological polar surface area (TPSA) is 219 Å². The number of aromatic nitrogens is 4. The number of benzene rings is 4. The zero-order valence-corrected chi connectivity index (χ0v) is 40.4. The molecule has 8 rings (SSSR count). The lowest BCUT2D eigenvalue weighted by Gasteiger charge is -2.38. The fourth-order valence-electron chi connectivity index (χ4n) is 5.78. The number of carbonyl (C=O) groups is 3. The minimum absolute atomic E-state index is 0.109. The zero-order chi connectivity index (χ0) is 53.5. The first-order valence-electron chi connectivity index (χ1n) is 20.2. The maximum absolute atomic E-state index is 11.6. The molecular formula is C45H40Cl4F6N8O9. The number of rotatable bonds is 11. The van der Waals surface area contributed by atoms with Crippen molar-refractivity contribution in [1.82, 2.24) is 30.2 Å². The Labute approximate surface area is 425 Å². The van der Waals surface area contributed by atoms with Crippen molar-refractivity contribution in [1.29, 1.82) is 0 Å². The van der Waals surface area contributed by atoms with Crippen LogP contribution in [0.5, 0.6) is 23.0 Å². The molecule has 2 fully saturated rings. The van der Waals surface area contributed by atoms with E-state index in [9.17, 15) is 31.1 Å². The number of carbonyl (C=O) groups excluding carboxylic acids is 1. The molecule has 0 spiro atoms. The molecule has 6 aromatic rings. The number of halogens is 10. The van der Waals surface area contributed by atoms with E-state index >= 15 is 0 Å². The fourth-order valence-corrected chi connectivity index (χ4v) is 6.37. The van der Waals surface area contributed by atoms with Crippen LogP contribution in [0, 0.1) is 0 Å². The number of hydrogen-bond acceptors (Lipinski definition) is 14. The Morgan fingerprint density at radius 3 is 1.36 bits per heavy atom. The number of alkyl halides is 6. The Morgan fingerprint density at radius 2 is 1.04 bits per heavy atom. The van der Waals surface area contributed by atoms with Crippen LogP contribution in [-0.4, -0.2) is 118 Å². The van der Waals surface area contributed by atoms with Crippen molar-refractivity contribution in [3.05, 3.63) is 119 Å². The average Bonchev–Trinajstić information content (AvgIpc) is 3.31. The number of nitrogens with one attached hydrogen (secondary N) is 3. The molecule has 2 aromatic heterocycles. The third-order valence-electron chi connectivity index (χ3n) is 9.36. The quantitative estimate of drug-likeness (QED) is 0.0463. The van der Waals surface area contributed by atoms with Crippen LogP contribution in [-0.2, 0) is 14.4 Å². The second-order valence-electron chi connectivity index (χ2n) is 14.2. The molecule has 5 N–H and O–H groups in total. The second-order valence-corrected chi connectivity index (χ2v) is 15.8. The van der Waals surface area contributed by atoms with Gasteiger partial charge in [-0.1, -0.05) is 53.0 Å². The third-order valence-corrected chi connectivity index (χ3v) is 10.8. The van der Waals surface area contributed by atoms with E-state index in [-0.39, 0.29) is 18.1 Å². The number of carboxylic acids is 2. The van der Waals surface area contributed by atoms with Crippen LogP contribution < -0.4 is 34.9 Å². The van der Waals surface area contributed by atoms with Crippen molar-refractivity contribution in [2.45, 2.75) is 24.6 Å². The lowest BCUT2D eigenvalue weighted by molar-refractivity contribution is -0.193. The normalized spacial score (nSPS) is 13.0. The van der Waals surface area contributed by atoms with E-state index in [1.54, 1.807) is 49.5 Å². The molecule has 2 aliphatic rings. The molecule has 0 bridgehead atoms. The van der Waals surface area contributed by atoms with Crippen molar-refractivity contribution in [2.75, 3.05) is 51.0 Å². The molecule has 1 amide bonds. The minimum atomic E-state index is -5.08. The number of methoxy groups -OCH3 is 2. The predicted octanol–water partition coefficient (Wildman–Crippen LogP) is 10.6. The number of amides is 1. The van der Waals surface area contributed by atoms with E-state index in [1.807, 2.05) is 30.3 Å².